The van der Waals surface area contributed by atoms with E-state index < -0.39 is 5.82 Å². The Kier molecular flexibility index (Phi) is 3.88. The molecule has 6 heteroatoms. The van der Waals surface area contributed by atoms with E-state index in [-0.39, 0.29) is 11.3 Å². The van der Waals surface area contributed by atoms with E-state index in [9.17, 15) is 4.39 Å². The zero-order chi connectivity index (χ0) is 13.7. The maximum Gasteiger partial charge on any atom is 0.147 e. The van der Waals surface area contributed by atoms with E-state index in [4.69, 9.17) is 5.26 Å². The van der Waals surface area contributed by atoms with Gasteiger partial charge in [-0.1, -0.05) is 0 Å². The lowest BCUT2D eigenvalue weighted by Gasteiger charge is -2.08. The molecule has 0 unspecified atom stereocenters. The van der Waals surface area contributed by atoms with Gasteiger partial charge in [0.05, 0.1) is 17.3 Å². The van der Waals surface area contributed by atoms with E-state index in [1.807, 2.05) is 13.0 Å². The maximum atomic E-state index is 13.7. The summed E-state index contributed by atoms with van der Waals surface area (Å²) < 4.78 is 13.7. The standard InChI is InChI=1S/C13H12FN5/c1-2-16-12-6-13(18-8-17-12)19-11-4-3-9(7-15)5-10(11)14/h3-6,8H,2H2,1H3,(H2,16,17,18,19). The highest BCUT2D eigenvalue weighted by Gasteiger charge is 2.05. The molecule has 0 saturated carbocycles. The highest BCUT2D eigenvalue weighted by molar-refractivity contribution is 5.60. The number of nitrogens with one attached hydrogen (secondary N) is 2. The van der Waals surface area contributed by atoms with Crippen LogP contribution in [-0.4, -0.2) is 16.5 Å². The molecule has 5 nitrogen and oxygen atoms in total. The van der Waals surface area contributed by atoms with E-state index in [1.54, 1.807) is 6.07 Å². The van der Waals surface area contributed by atoms with E-state index in [0.717, 1.165) is 6.54 Å². The molecule has 0 saturated heterocycles. The summed E-state index contributed by atoms with van der Waals surface area (Å²) in [5.41, 5.74) is 0.541. The van der Waals surface area contributed by atoms with Crippen LogP contribution in [0, 0.1) is 17.1 Å². The summed E-state index contributed by atoms with van der Waals surface area (Å²) in [7, 11) is 0. The number of hydrogen-bond donors (Lipinski definition) is 2. The van der Waals surface area contributed by atoms with Gasteiger partial charge in [0, 0.05) is 12.6 Å². The minimum Gasteiger partial charge on any atom is -0.370 e. The fraction of sp³-hybridized carbons (Fsp3) is 0.154. The van der Waals surface area contributed by atoms with Crippen LogP contribution in [0.25, 0.3) is 0 Å². The molecule has 0 aliphatic rings. The molecule has 0 aliphatic carbocycles. The smallest absolute Gasteiger partial charge is 0.147 e. The molecule has 0 amide bonds. The Bertz CT molecular complexity index is 621. The van der Waals surface area contributed by atoms with Crippen LogP contribution < -0.4 is 10.6 Å². The average molecular weight is 257 g/mol. The Morgan fingerprint density at radius 2 is 2.05 bits per heavy atom. The summed E-state index contributed by atoms with van der Waals surface area (Å²) in [6, 6.07) is 7.78. The molecule has 0 spiro atoms. The van der Waals surface area contributed by atoms with Crippen LogP contribution in [0.4, 0.5) is 21.7 Å². The summed E-state index contributed by atoms with van der Waals surface area (Å²) in [6.07, 6.45) is 1.39. The van der Waals surface area contributed by atoms with E-state index >= 15 is 0 Å². The Hall–Kier alpha value is -2.68. The average Bonchev–Trinajstić information content (AvgIpc) is 2.42. The van der Waals surface area contributed by atoms with Gasteiger partial charge in [-0.15, -0.1) is 0 Å². The number of rotatable bonds is 4. The van der Waals surface area contributed by atoms with Crippen molar-refractivity contribution < 1.29 is 4.39 Å². The highest BCUT2D eigenvalue weighted by Crippen LogP contribution is 2.20. The lowest BCUT2D eigenvalue weighted by molar-refractivity contribution is 0.631. The third-order valence-corrected chi connectivity index (χ3v) is 2.39. The van der Waals surface area contributed by atoms with Gasteiger partial charge in [-0.2, -0.15) is 5.26 Å². The van der Waals surface area contributed by atoms with E-state index in [0.29, 0.717) is 11.6 Å². The van der Waals surface area contributed by atoms with Crippen LogP contribution in [0.1, 0.15) is 12.5 Å². The molecule has 2 N–H and O–H groups in total. The van der Waals surface area contributed by atoms with Crippen molar-refractivity contribution in [3.8, 4) is 6.07 Å². The van der Waals surface area contributed by atoms with Crippen LogP contribution in [0.15, 0.2) is 30.6 Å². The fourth-order valence-electron chi connectivity index (χ4n) is 1.53. The lowest BCUT2D eigenvalue weighted by Crippen LogP contribution is -2.02. The van der Waals surface area contributed by atoms with Crippen molar-refractivity contribution in [3.05, 3.63) is 42.0 Å². The zero-order valence-electron chi connectivity index (χ0n) is 10.3. The summed E-state index contributed by atoms with van der Waals surface area (Å²) in [5, 5.41) is 14.6. The first-order chi connectivity index (χ1) is 9.22. The number of benzene rings is 1. The number of halogens is 1. The fourth-order valence-corrected chi connectivity index (χ4v) is 1.53. The first-order valence-corrected chi connectivity index (χ1v) is 5.75. The Labute approximate surface area is 110 Å². The molecular formula is C13H12FN5. The molecule has 0 bridgehead atoms. The number of aromatic nitrogens is 2. The predicted octanol–water partition coefficient (Wildman–Crippen LogP) is 2.66. The van der Waals surface area contributed by atoms with Crippen molar-refractivity contribution >= 4 is 17.3 Å². The van der Waals surface area contributed by atoms with Crippen LogP contribution in [0.5, 0.6) is 0 Å². The molecule has 0 radical (unpaired) electrons. The van der Waals surface area contributed by atoms with Gasteiger partial charge in [0.2, 0.25) is 0 Å². The predicted molar refractivity (Wildman–Crippen MR) is 70.6 cm³/mol. The monoisotopic (exact) mass is 257 g/mol. The van der Waals surface area contributed by atoms with Crippen LogP contribution in [0.2, 0.25) is 0 Å². The SMILES string of the molecule is CCNc1cc(Nc2ccc(C#N)cc2F)ncn1. The Morgan fingerprint density at radius 3 is 2.74 bits per heavy atom. The van der Waals surface area contributed by atoms with Crippen molar-refractivity contribution in [2.75, 3.05) is 17.2 Å². The van der Waals surface area contributed by atoms with Gasteiger partial charge in [0.1, 0.15) is 23.8 Å². The molecule has 1 aromatic heterocycles. The van der Waals surface area contributed by atoms with Crippen molar-refractivity contribution in [2.45, 2.75) is 6.92 Å². The van der Waals surface area contributed by atoms with Gasteiger partial charge in [-0.05, 0) is 25.1 Å². The maximum absolute atomic E-state index is 13.7. The summed E-state index contributed by atoms with van der Waals surface area (Å²) in [6.45, 7) is 2.69. The number of nitriles is 1. The van der Waals surface area contributed by atoms with E-state index in [2.05, 4.69) is 20.6 Å². The topological polar surface area (TPSA) is 73.6 Å². The van der Waals surface area contributed by atoms with Crippen molar-refractivity contribution in [1.82, 2.24) is 9.97 Å². The molecule has 1 heterocycles. The molecule has 1 aromatic carbocycles. The molecule has 0 atom stereocenters. The first kappa shape index (κ1) is 12.8. The quantitative estimate of drug-likeness (QED) is 0.880. The van der Waals surface area contributed by atoms with Gasteiger partial charge in [-0.3, -0.25) is 0 Å². The van der Waals surface area contributed by atoms with Gasteiger partial charge < -0.3 is 10.6 Å². The summed E-state index contributed by atoms with van der Waals surface area (Å²) in [4.78, 5) is 8.03. The highest BCUT2D eigenvalue weighted by atomic mass is 19.1. The van der Waals surface area contributed by atoms with Gasteiger partial charge in [-0.25, -0.2) is 14.4 Å². The summed E-state index contributed by atoms with van der Waals surface area (Å²) in [5.74, 6) is 0.645. The largest absolute Gasteiger partial charge is 0.370 e. The normalized spacial score (nSPS) is 9.74. The number of anilines is 3. The molecular weight excluding hydrogens is 245 g/mol. The summed E-state index contributed by atoms with van der Waals surface area (Å²) >= 11 is 0. The minimum absolute atomic E-state index is 0.264. The lowest BCUT2D eigenvalue weighted by atomic mass is 10.2. The van der Waals surface area contributed by atoms with Gasteiger partial charge in [0.15, 0.2) is 0 Å². The number of nitrogens with zero attached hydrogens (tertiary/aromatic N) is 3. The van der Waals surface area contributed by atoms with Crippen molar-refractivity contribution in [3.63, 3.8) is 0 Å². The van der Waals surface area contributed by atoms with E-state index in [1.165, 1.54) is 24.5 Å². The molecule has 2 rings (SSSR count). The molecule has 0 aliphatic heterocycles. The molecule has 2 aromatic rings. The van der Waals surface area contributed by atoms with Crippen molar-refractivity contribution in [2.24, 2.45) is 0 Å². The van der Waals surface area contributed by atoms with Crippen molar-refractivity contribution in [1.29, 1.82) is 5.26 Å². The molecule has 0 fully saturated rings. The second-order valence-corrected chi connectivity index (χ2v) is 3.75. The Morgan fingerprint density at radius 1 is 1.26 bits per heavy atom. The first-order valence-electron chi connectivity index (χ1n) is 5.75. The minimum atomic E-state index is -0.498. The van der Waals surface area contributed by atoms with Gasteiger partial charge in [0.25, 0.3) is 0 Å². The number of hydrogen-bond acceptors (Lipinski definition) is 5. The molecule has 96 valence electrons. The molecule has 19 heavy (non-hydrogen) atoms. The third kappa shape index (κ3) is 3.16. The second-order valence-electron chi connectivity index (χ2n) is 3.75. The van der Waals surface area contributed by atoms with Gasteiger partial charge >= 0.3 is 0 Å². The third-order valence-electron chi connectivity index (χ3n) is 2.39. The second kappa shape index (κ2) is 5.78. The zero-order valence-corrected chi connectivity index (χ0v) is 10.3. The van der Waals surface area contributed by atoms with Crippen LogP contribution in [-0.2, 0) is 0 Å². The van der Waals surface area contributed by atoms with Crippen LogP contribution >= 0.6 is 0 Å². The Balaban J connectivity index is 2.21. The van der Waals surface area contributed by atoms with Crippen LogP contribution in [0.3, 0.4) is 0 Å².